The van der Waals surface area contributed by atoms with Crippen molar-refractivity contribution in [1.82, 2.24) is 9.88 Å². The fourth-order valence-corrected chi connectivity index (χ4v) is 6.75. The molecule has 1 aliphatic rings. The largest absolute Gasteiger partial charge is 0.493 e. The normalized spacial score (nSPS) is 13.3. The van der Waals surface area contributed by atoms with Crippen LogP contribution in [0.3, 0.4) is 0 Å². The third kappa shape index (κ3) is 8.29. The van der Waals surface area contributed by atoms with Crippen molar-refractivity contribution < 1.29 is 28.2 Å². The summed E-state index contributed by atoms with van der Waals surface area (Å²) in [5, 5.41) is 10.7. The summed E-state index contributed by atoms with van der Waals surface area (Å²) in [6.07, 6.45) is 4.47. The van der Waals surface area contributed by atoms with Crippen LogP contribution in [0.25, 0.3) is 11.0 Å². The maximum atomic E-state index is 13.8. The Labute approximate surface area is 318 Å². The van der Waals surface area contributed by atoms with E-state index in [1.54, 1.807) is 30.5 Å². The molecule has 0 radical (unpaired) electrons. The van der Waals surface area contributed by atoms with Gasteiger partial charge < -0.3 is 24.5 Å². The van der Waals surface area contributed by atoms with Gasteiger partial charge in [0.25, 0.3) is 11.8 Å². The maximum Gasteiger partial charge on any atom is 0.291 e. The number of methoxy groups -OCH3 is 2. The number of amides is 2. The van der Waals surface area contributed by atoms with Crippen LogP contribution in [-0.2, 0) is 19.5 Å². The molecule has 0 bridgehead atoms. The topological polar surface area (TPSA) is 138 Å². The number of aromatic nitrogens is 1. The number of nitrogens with one attached hydrogen (secondary N) is 2. The van der Waals surface area contributed by atoms with Crippen molar-refractivity contribution in [3.8, 4) is 11.5 Å². The van der Waals surface area contributed by atoms with E-state index >= 15 is 0 Å². The SMILES string of the molecule is COc1cc(NC(=O)c2cc(=O)c3ccccc3o2)c(C(=O)Nc2ccc(CCN(Cc3cccnc3)Cc3ccc4c(c3)C(C)N=[N+]4C)cc2)cc1OC. The molecular weight excluding hydrogens is 697 g/mol. The Hall–Kier alpha value is -6.66. The van der Waals surface area contributed by atoms with E-state index in [9.17, 15) is 14.4 Å². The third-order valence-corrected chi connectivity index (χ3v) is 9.58. The predicted molar refractivity (Wildman–Crippen MR) is 210 cm³/mol. The molecule has 12 heteroatoms. The summed E-state index contributed by atoms with van der Waals surface area (Å²) in [6, 6.07) is 29.2. The Bertz CT molecular complexity index is 2460. The molecule has 2 N–H and O–H groups in total. The number of rotatable bonds is 13. The monoisotopic (exact) mass is 737 g/mol. The summed E-state index contributed by atoms with van der Waals surface area (Å²) in [5.74, 6) is -0.810. The van der Waals surface area contributed by atoms with E-state index in [2.05, 4.69) is 56.8 Å². The number of pyridine rings is 1. The molecule has 0 fully saturated rings. The van der Waals surface area contributed by atoms with Gasteiger partial charge in [0.1, 0.15) is 11.6 Å². The van der Waals surface area contributed by atoms with E-state index in [-0.39, 0.29) is 34.1 Å². The van der Waals surface area contributed by atoms with Gasteiger partial charge in [-0.2, -0.15) is 0 Å². The highest BCUT2D eigenvalue weighted by molar-refractivity contribution is 6.12. The number of benzene rings is 4. The molecule has 278 valence electrons. The molecule has 12 nitrogen and oxygen atoms in total. The molecule has 0 saturated carbocycles. The second-order valence-corrected chi connectivity index (χ2v) is 13.4. The third-order valence-electron chi connectivity index (χ3n) is 9.58. The standard InChI is InChI=1S/C43H40N6O6/c1-27-33-20-29(13-16-36(33)48(2)47-27)25-49(26-30-8-7-18-44-24-30)19-17-28-11-14-31(15-12-28)45-42(51)34-21-39(53-3)40(54-4)22-35(34)46-43(52)41-23-37(50)32-9-5-6-10-38(32)55-41/h5-16,18,20-24,27H,17,19,25-26H2,1-4H3,(H-,45,46,51,52)/p+1. The number of carbonyl (C=O) groups excluding carboxylic acids is 2. The number of para-hydroxylation sites is 1. The average molecular weight is 738 g/mol. The molecule has 3 heterocycles. The van der Waals surface area contributed by atoms with Crippen LogP contribution in [0.4, 0.5) is 17.1 Å². The minimum Gasteiger partial charge on any atom is -0.493 e. The Morgan fingerprint density at radius 1 is 0.836 bits per heavy atom. The number of ether oxygens (including phenoxy) is 2. The predicted octanol–water partition coefficient (Wildman–Crippen LogP) is 7.76. The van der Waals surface area contributed by atoms with E-state index in [4.69, 9.17) is 13.9 Å². The quantitative estimate of drug-likeness (QED) is 0.115. The molecule has 7 rings (SSSR count). The van der Waals surface area contributed by atoms with Gasteiger partial charge in [-0.3, -0.25) is 24.3 Å². The summed E-state index contributed by atoms with van der Waals surface area (Å²) < 4.78 is 18.6. The summed E-state index contributed by atoms with van der Waals surface area (Å²) >= 11 is 0. The second-order valence-electron chi connectivity index (χ2n) is 13.4. The molecule has 1 aliphatic heterocycles. The molecule has 6 aromatic rings. The zero-order valence-corrected chi connectivity index (χ0v) is 31.0. The number of azo groups is 2. The Kier molecular flexibility index (Phi) is 10.8. The number of nitrogens with zero attached hydrogens (tertiary/aromatic N) is 4. The lowest BCUT2D eigenvalue weighted by Gasteiger charge is -2.23. The van der Waals surface area contributed by atoms with Crippen molar-refractivity contribution in [1.29, 1.82) is 0 Å². The van der Waals surface area contributed by atoms with Crippen LogP contribution in [-0.4, -0.2) is 54.2 Å². The zero-order chi connectivity index (χ0) is 38.5. The van der Waals surface area contributed by atoms with Crippen molar-refractivity contribution in [2.75, 3.05) is 38.4 Å². The molecule has 4 aromatic carbocycles. The fourth-order valence-electron chi connectivity index (χ4n) is 6.75. The highest BCUT2D eigenvalue weighted by Gasteiger charge is 2.27. The van der Waals surface area contributed by atoms with Crippen molar-refractivity contribution in [2.24, 2.45) is 5.11 Å². The van der Waals surface area contributed by atoms with Crippen LogP contribution >= 0.6 is 0 Å². The van der Waals surface area contributed by atoms with Gasteiger partial charge in [-0.15, -0.1) is 0 Å². The molecular formula is C43H41N6O6+. The Morgan fingerprint density at radius 3 is 2.35 bits per heavy atom. The van der Waals surface area contributed by atoms with Crippen LogP contribution in [0.15, 0.2) is 124 Å². The van der Waals surface area contributed by atoms with Crippen molar-refractivity contribution in [2.45, 2.75) is 32.5 Å². The first kappa shape index (κ1) is 36.7. The van der Waals surface area contributed by atoms with Gasteiger partial charge in [0, 0.05) is 55.9 Å². The number of hydrogen-bond donors (Lipinski definition) is 2. The molecule has 0 saturated heterocycles. The van der Waals surface area contributed by atoms with Gasteiger partial charge in [-0.1, -0.05) is 41.1 Å². The maximum absolute atomic E-state index is 13.8. The minimum atomic E-state index is -0.708. The van der Waals surface area contributed by atoms with Crippen molar-refractivity contribution >= 4 is 39.8 Å². The molecule has 2 amide bonds. The summed E-state index contributed by atoms with van der Waals surface area (Å²) in [6.45, 7) is 4.43. The van der Waals surface area contributed by atoms with E-state index in [1.165, 1.54) is 37.5 Å². The van der Waals surface area contributed by atoms with Crippen LogP contribution in [0.2, 0.25) is 0 Å². The Morgan fingerprint density at radius 2 is 1.58 bits per heavy atom. The second kappa shape index (κ2) is 16.1. The fraction of sp³-hybridized carbons (Fsp3) is 0.209. The van der Waals surface area contributed by atoms with Crippen LogP contribution in [0, 0.1) is 0 Å². The summed E-state index contributed by atoms with van der Waals surface area (Å²) in [5.41, 5.74) is 6.58. The Balaban J connectivity index is 1.05. The lowest BCUT2D eigenvalue weighted by Crippen LogP contribution is -2.25. The van der Waals surface area contributed by atoms with Crippen LogP contribution in [0.1, 0.15) is 56.1 Å². The highest BCUT2D eigenvalue weighted by atomic mass is 16.5. The van der Waals surface area contributed by atoms with Gasteiger partial charge in [-0.05, 0) is 77.6 Å². The first-order chi connectivity index (χ1) is 26.7. The van der Waals surface area contributed by atoms with Gasteiger partial charge >= 0.3 is 0 Å². The van der Waals surface area contributed by atoms with E-state index in [1.807, 2.05) is 48.3 Å². The number of carbonyl (C=O) groups is 2. The van der Waals surface area contributed by atoms with E-state index < -0.39 is 11.8 Å². The van der Waals surface area contributed by atoms with Gasteiger partial charge in [0.05, 0.1) is 36.4 Å². The van der Waals surface area contributed by atoms with Gasteiger partial charge in [0.2, 0.25) is 5.69 Å². The lowest BCUT2D eigenvalue weighted by atomic mass is 10.0. The summed E-state index contributed by atoms with van der Waals surface area (Å²) in [7, 11) is 4.89. The molecule has 0 aliphatic carbocycles. The molecule has 55 heavy (non-hydrogen) atoms. The minimum absolute atomic E-state index is 0.116. The van der Waals surface area contributed by atoms with Crippen LogP contribution in [0.5, 0.6) is 11.5 Å². The average Bonchev–Trinajstić information content (AvgIpc) is 3.49. The highest BCUT2D eigenvalue weighted by Crippen LogP contribution is 2.36. The number of anilines is 2. The molecule has 1 unspecified atom stereocenters. The molecule has 1 atom stereocenters. The zero-order valence-electron chi connectivity index (χ0n) is 31.0. The smallest absolute Gasteiger partial charge is 0.291 e. The van der Waals surface area contributed by atoms with Gasteiger partial charge in [-0.25, -0.2) is 0 Å². The van der Waals surface area contributed by atoms with E-state index in [0.29, 0.717) is 22.6 Å². The number of hydrogen-bond acceptors (Lipinski definition) is 9. The summed E-state index contributed by atoms with van der Waals surface area (Å²) in [4.78, 5) is 46.5. The lowest BCUT2D eigenvalue weighted by molar-refractivity contribution is -0.477. The van der Waals surface area contributed by atoms with E-state index in [0.717, 1.165) is 48.9 Å². The van der Waals surface area contributed by atoms with Crippen molar-refractivity contribution in [3.05, 3.63) is 153 Å². The van der Waals surface area contributed by atoms with Crippen molar-refractivity contribution in [3.63, 3.8) is 0 Å². The molecule has 0 spiro atoms. The van der Waals surface area contributed by atoms with Gasteiger partial charge in [0.15, 0.2) is 29.7 Å². The van der Waals surface area contributed by atoms with Crippen LogP contribution < -0.4 is 25.5 Å². The first-order valence-corrected chi connectivity index (χ1v) is 17.9. The molecule has 2 aromatic heterocycles. The first-order valence-electron chi connectivity index (χ1n) is 17.9. The number of fused-ring (bicyclic) bond motifs is 2.